The fourth-order valence-corrected chi connectivity index (χ4v) is 2.85. The molecule has 1 amide bonds. The molecule has 3 rings (SSSR count). The topological polar surface area (TPSA) is 91.0 Å². The number of carbonyl (C=O) groups is 2. The van der Waals surface area contributed by atoms with Gasteiger partial charge >= 0.3 is 5.97 Å². The van der Waals surface area contributed by atoms with Crippen LogP contribution in [0.4, 0.5) is 0 Å². The smallest absolute Gasteiger partial charge is 0.363 e. The highest BCUT2D eigenvalue weighted by atomic mass is 127. The van der Waals surface area contributed by atoms with Crippen molar-refractivity contribution in [3.8, 4) is 5.75 Å². The number of nitrogens with zero attached hydrogens (tertiary/aromatic N) is 1. The second-order valence-electron chi connectivity index (χ2n) is 5.28. The zero-order chi connectivity index (χ0) is 18.7. The summed E-state index contributed by atoms with van der Waals surface area (Å²) >= 11 is 8.30. The molecule has 2 aromatic carbocycles. The molecule has 2 N–H and O–H groups in total. The maximum atomic E-state index is 12.1. The Morgan fingerprint density at radius 1 is 1.27 bits per heavy atom. The summed E-state index contributed by atoms with van der Waals surface area (Å²) < 4.78 is 11.4. The van der Waals surface area contributed by atoms with Gasteiger partial charge in [-0.2, -0.15) is 0 Å². The minimum atomic E-state index is -0.555. The van der Waals surface area contributed by atoms with Crippen LogP contribution in [-0.4, -0.2) is 24.4 Å². The molecule has 2 aromatic rings. The normalized spacial score (nSPS) is 14.9. The summed E-state index contributed by atoms with van der Waals surface area (Å²) in [5.74, 6) is -0.439. The zero-order valence-corrected chi connectivity index (χ0v) is 16.2. The van der Waals surface area contributed by atoms with Gasteiger partial charge in [0.2, 0.25) is 5.90 Å². The SMILES string of the molecule is NC(=O)COc1ccc(/C=C2\N=C(c3cc(I)ccc3Cl)OC2=O)cc1. The zero-order valence-electron chi connectivity index (χ0n) is 13.2. The highest BCUT2D eigenvalue weighted by Crippen LogP contribution is 2.25. The molecule has 26 heavy (non-hydrogen) atoms. The molecule has 0 aromatic heterocycles. The molecule has 0 radical (unpaired) electrons. The van der Waals surface area contributed by atoms with E-state index in [1.165, 1.54) is 0 Å². The van der Waals surface area contributed by atoms with Gasteiger partial charge in [-0.15, -0.1) is 0 Å². The van der Waals surface area contributed by atoms with Crippen molar-refractivity contribution in [3.05, 3.63) is 67.9 Å². The Hall–Kier alpha value is -2.39. The molecule has 0 saturated carbocycles. The Morgan fingerprint density at radius 3 is 2.69 bits per heavy atom. The van der Waals surface area contributed by atoms with Crippen molar-refractivity contribution in [2.45, 2.75) is 0 Å². The van der Waals surface area contributed by atoms with E-state index in [2.05, 4.69) is 27.6 Å². The molecule has 6 nitrogen and oxygen atoms in total. The van der Waals surface area contributed by atoms with Gasteiger partial charge in [-0.25, -0.2) is 9.79 Å². The number of primary amides is 1. The van der Waals surface area contributed by atoms with Crippen molar-refractivity contribution in [2.75, 3.05) is 6.61 Å². The Labute approximate surface area is 167 Å². The number of amides is 1. The Bertz CT molecular complexity index is 939. The van der Waals surface area contributed by atoms with Crippen molar-refractivity contribution in [1.29, 1.82) is 0 Å². The highest BCUT2D eigenvalue weighted by molar-refractivity contribution is 14.1. The summed E-state index contributed by atoms with van der Waals surface area (Å²) in [4.78, 5) is 27.0. The number of carbonyl (C=O) groups excluding carboxylic acids is 2. The van der Waals surface area contributed by atoms with Crippen LogP contribution < -0.4 is 10.5 Å². The highest BCUT2D eigenvalue weighted by Gasteiger charge is 2.25. The summed E-state index contributed by atoms with van der Waals surface area (Å²) in [6, 6.07) is 12.1. The first-order valence-corrected chi connectivity index (χ1v) is 8.87. The predicted octanol–water partition coefficient (Wildman–Crippen LogP) is 3.15. The van der Waals surface area contributed by atoms with Crippen LogP contribution in [0.25, 0.3) is 6.08 Å². The average Bonchev–Trinajstić information content (AvgIpc) is 2.97. The van der Waals surface area contributed by atoms with Gasteiger partial charge in [0.1, 0.15) is 5.75 Å². The second-order valence-corrected chi connectivity index (χ2v) is 6.94. The molecule has 8 heteroatoms. The van der Waals surface area contributed by atoms with Crippen LogP contribution in [0.2, 0.25) is 5.02 Å². The van der Waals surface area contributed by atoms with Gasteiger partial charge in [-0.05, 0) is 64.6 Å². The lowest BCUT2D eigenvalue weighted by Crippen LogP contribution is -2.19. The molecule has 0 unspecified atom stereocenters. The molecule has 0 spiro atoms. The van der Waals surface area contributed by atoms with Crippen molar-refractivity contribution in [3.63, 3.8) is 0 Å². The summed E-state index contributed by atoms with van der Waals surface area (Å²) in [6.45, 7) is -0.197. The summed E-state index contributed by atoms with van der Waals surface area (Å²) in [7, 11) is 0. The van der Waals surface area contributed by atoms with Gasteiger partial charge in [0.15, 0.2) is 12.3 Å². The number of esters is 1. The Balaban J connectivity index is 1.82. The number of rotatable bonds is 5. The van der Waals surface area contributed by atoms with Crippen molar-refractivity contribution in [2.24, 2.45) is 10.7 Å². The van der Waals surface area contributed by atoms with Gasteiger partial charge in [-0.3, -0.25) is 4.79 Å². The minimum Gasteiger partial charge on any atom is -0.484 e. The van der Waals surface area contributed by atoms with Crippen molar-refractivity contribution >= 4 is 58.0 Å². The quantitative estimate of drug-likeness (QED) is 0.403. The van der Waals surface area contributed by atoms with E-state index >= 15 is 0 Å². The van der Waals surface area contributed by atoms with E-state index in [1.807, 2.05) is 6.07 Å². The molecule has 1 aliphatic rings. The van der Waals surface area contributed by atoms with E-state index in [9.17, 15) is 9.59 Å². The molecule has 0 fully saturated rings. The molecule has 0 bridgehead atoms. The number of hydrogen-bond donors (Lipinski definition) is 1. The van der Waals surface area contributed by atoms with Crippen molar-refractivity contribution in [1.82, 2.24) is 0 Å². The number of ether oxygens (including phenoxy) is 2. The fraction of sp³-hybridized carbons (Fsp3) is 0.0556. The molecule has 132 valence electrons. The van der Waals surface area contributed by atoms with Gasteiger partial charge in [0, 0.05) is 3.57 Å². The number of aliphatic imine (C=N–C) groups is 1. The third-order valence-electron chi connectivity index (χ3n) is 3.34. The standard InChI is InChI=1S/C18H12ClIN2O4/c19-14-6-3-11(20)8-13(14)17-22-15(18(24)26-17)7-10-1-4-12(5-2-10)25-9-16(21)23/h1-8H,9H2,(H2,21,23)/b15-7-. The van der Waals surface area contributed by atoms with Gasteiger partial charge in [0.05, 0.1) is 10.6 Å². The van der Waals surface area contributed by atoms with Gasteiger partial charge < -0.3 is 15.2 Å². The summed E-state index contributed by atoms with van der Waals surface area (Å²) in [6.07, 6.45) is 1.59. The third-order valence-corrected chi connectivity index (χ3v) is 4.34. The van der Waals surface area contributed by atoms with Crippen LogP contribution in [0.3, 0.4) is 0 Å². The lowest BCUT2D eigenvalue weighted by atomic mass is 10.2. The second kappa shape index (κ2) is 7.88. The van der Waals surface area contributed by atoms with Gasteiger partial charge in [-0.1, -0.05) is 23.7 Å². The number of cyclic esters (lactones) is 1. The van der Waals surface area contributed by atoms with E-state index in [0.29, 0.717) is 16.3 Å². The van der Waals surface area contributed by atoms with Crippen LogP contribution in [0.15, 0.2) is 53.2 Å². The van der Waals surface area contributed by atoms with E-state index < -0.39 is 11.9 Å². The fourth-order valence-electron chi connectivity index (χ4n) is 2.16. The van der Waals surface area contributed by atoms with Crippen LogP contribution >= 0.6 is 34.2 Å². The molecule has 0 aliphatic carbocycles. The molecular weight excluding hydrogens is 471 g/mol. The predicted molar refractivity (Wildman–Crippen MR) is 106 cm³/mol. The first-order valence-electron chi connectivity index (χ1n) is 7.41. The van der Waals surface area contributed by atoms with Gasteiger partial charge in [0.25, 0.3) is 5.91 Å². The summed E-state index contributed by atoms with van der Waals surface area (Å²) in [5.41, 5.74) is 6.48. The molecule has 1 heterocycles. The maximum Gasteiger partial charge on any atom is 0.363 e. The maximum absolute atomic E-state index is 12.1. The number of hydrogen-bond acceptors (Lipinski definition) is 5. The molecule has 0 saturated heterocycles. The van der Waals surface area contributed by atoms with E-state index in [0.717, 1.165) is 9.13 Å². The van der Waals surface area contributed by atoms with Crippen LogP contribution in [0.5, 0.6) is 5.75 Å². The average molecular weight is 483 g/mol. The number of nitrogens with two attached hydrogens (primary N) is 1. The minimum absolute atomic E-state index is 0.167. The van der Waals surface area contributed by atoms with Crippen LogP contribution in [0, 0.1) is 3.57 Å². The lowest BCUT2D eigenvalue weighted by molar-refractivity contribution is -0.130. The Morgan fingerprint density at radius 2 is 2.00 bits per heavy atom. The monoisotopic (exact) mass is 482 g/mol. The molecular formula is C18H12ClIN2O4. The molecule has 1 aliphatic heterocycles. The first kappa shape index (κ1) is 18.4. The Kier molecular flexibility index (Phi) is 5.58. The first-order chi connectivity index (χ1) is 12.4. The molecule has 0 atom stereocenters. The van der Waals surface area contributed by atoms with Crippen LogP contribution in [0.1, 0.15) is 11.1 Å². The van der Waals surface area contributed by atoms with Crippen LogP contribution in [-0.2, 0) is 14.3 Å². The summed E-state index contributed by atoms with van der Waals surface area (Å²) in [5, 5.41) is 0.453. The third kappa shape index (κ3) is 4.41. The largest absolute Gasteiger partial charge is 0.484 e. The number of benzene rings is 2. The van der Waals surface area contributed by atoms with E-state index in [-0.39, 0.29) is 18.2 Å². The number of halogens is 2. The van der Waals surface area contributed by atoms with E-state index in [1.54, 1.807) is 42.5 Å². The van der Waals surface area contributed by atoms with Crippen molar-refractivity contribution < 1.29 is 19.1 Å². The van der Waals surface area contributed by atoms with E-state index in [4.69, 9.17) is 26.8 Å². The lowest BCUT2D eigenvalue weighted by Gasteiger charge is -2.03.